The number of fused-ring (bicyclic) bond motifs is 3. The van der Waals surface area contributed by atoms with Crippen molar-refractivity contribution in [3.63, 3.8) is 0 Å². The van der Waals surface area contributed by atoms with Gasteiger partial charge in [-0.25, -0.2) is 9.18 Å². The first-order valence-electron chi connectivity index (χ1n) is 9.45. The van der Waals surface area contributed by atoms with E-state index in [0.29, 0.717) is 29.9 Å². The summed E-state index contributed by atoms with van der Waals surface area (Å²) in [5.41, 5.74) is 1.06. The van der Waals surface area contributed by atoms with Crippen LogP contribution >= 0.6 is 0 Å². The molecule has 1 saturated carbocycles. The van der Waals surface area contributed by atoms with Crippen molar-refractivity contribution in [2.45, 2.75) is 64.0 Å². The third-order valence-electron chi connectivity index (χ3n) is 5.65. The molecular weight excluding hydrogens is 335 g/mol. The minimum absolute atomic E-state index is 0.159. The van der Waals surface area contributed by atoms with Crippen molar-refractivity contribution >= 4 is 22.6 Å². The van der Waals surface area contributed by atoms with E-state index in [9.17, 15) is 19.1 Å². The average molecular weight is 358 g/mol. The van der Waals surface area contributed by atoms with E-state index in [1.165, 1.54) is 18.6 Å². The molecule has 0 amide bonds. The first-order chi connectivity index (χ1) is 12.6. The fraction of sp³-hybridized carbons (Fsp3) is 0.500. The summed E-state index contributed by atoms with van der Waals surface area (Å²) >= 11 is 0. The molecule has 1 aliphatic heterocycles. The number of aromatic carboxylic acids is 1. The molecule has 26 heavy (non-hydrogen) atoms. The molecule has 1 fully saturated rings. The van der Waals surface area contributed by atoms with Crippen LogP contribution in [0.25, 0.3) is 10.9 Å². The summed E-state index contributed by atoms with van der Waals surface area (Å²) in [6, 6.07) is 2.89. The number of aryl methyl sites for hydroxylation is 1. The highest BCUT2D eigenvalue weighted by Crippen LogP contribution is 2.31. The van der Waals surface area contributed by atoms with Crippen LogP contribution in [0.1, 0.15) is 61.0 Å². The summed E-state index contributed by atoms with van der Waals surface area (Å²) in [6.07, 6.45) is 7.91. The number of carboxylic acid groups (broad SMARTS) is 1. The van der Waals surface area contributed by atoms with Crippen LogP contribution in [0.2, 0.25) is 0 Å². The lowest BCUT2D eigenvalue weighted by atomic mass is 9.94. The Morgan fingerprint density at radius 2 is 1.92 bits per heavy atom. The molecule has 0 saturated heterocycles. The second-order valence-corrected chi connectivity index (χ2v) is 7.39. The van der Waals surface area contributed by atoms with E-state index in [0.717, 1.165) is 38.5 Å². The van der Waals surface area contributed by atoms with Gasteiger partial charge in [0.2, 0.25) is 5.43 Å². The van der Waals surface area contributed by atoms with Crippen molar-refractivity contribution in [3.8, 4) is 0 Å². The summed E-state index contributed by atoms with van der Waals surface area (Å²) in [4.78, 5) is 24.6. The van der Waals surface area contributed by atoms with Crippen LogP contribution in [0.3, 0.4) is 0 Å². The molecule has 138 valence electrons. The van der Waals surface area contributed by atoms with Crippen molar-refractivity contribution in [1.82, 2.24) is 4.57 Å². The Balaban J connectivity index is 1.96. The number of anilines is 1. The molecule has 0 bridgehead atoms. The molecular formula is C20H23FN2O3. The van der Waals surface area contributed by atoms with Crippen LogP contribution in [-0.2, 0) is 13.0 Å². The molecule has 2 aromatic rings. The quantitative estimate of drug-likeness (QED) is 0.872. The van der Waals surface area contributed by atoms with E-state index in [2.05, 4.69) is 5.32 Å². The third kappa shape index (κ3) is 2.87. The van der Waals surface area contributed by atoms with Gasteiger partial charge in [-0.2, -0.15) is 0 Å². The van der Waals surface area contributed by atoms with Crippen LogP contribution < -0.4 is 10.7 Å². The van der Waals surface area contributed by atoms with E-state index in [1.54, 1.807) is 0 Å². The Bertz CT molecular complexity index is 929. The van der Waals surface area contributed by atoms with Crippen LogP contribution in [0.15, 0.2) is 16.9 Å². The molecule has 0 radical (unpaired) electrons. The van der Waals surface area contributed by atoms with Crippen molar-refractivity contribution in [1.29, 1.82) is 0 Å². The SMILES string of the molecule is O=C(O)c1c2n(c3c(NC4CCCCC4)cc(F)cc3c1=O)CCCC2. The number of nitrogens with one attached hydrogen (secondary N) is 1. The second kappa shape index (κ2) is 6.74. The van der Waals surface area contributed by atoms with Crippen molar-refractivity contribution < 1.29 is 14.3 Å². The predicted molar refractivity (Wildman–Crippen MR) is 98.6 cm³/mol. The van der Waals surface area contributed by atoms with Gasteiger partial charge in [0.15, 0.2) is 0 Å². The Hall–Kier alpha value is -2.37. The molecule has 1 aliphatic carbocycles. The summed E-state index contributed by atoms with van der Waals surface area (Å²) < 4.78 is 16.2. The lowest BCUT2D eigenvalue weighted by molar-refractivity contribution is 0.0693. The molecule has 5 nitrogen and oxygen atoms in total. The maximum Gasteiger partial charge on any atom is 0.341 e. The van der Waals surface area contributed by atoms with Crippen LogP contribution in [-0.4, -0.2) is 21.7 Å². The topological polar surface area (TPSA) is 71.3 Å². The molecule has 6 heteroatoms. The Labute approximate surface area is 150 Å². The number of aromatic nitrogens is 1. The summed E-state index contributed by atoms with van der Waals surface area (Å²) in [6.45, 7) is 0.650. The van der Waals surface area contributed by atoms with Gasteiger partial charge < -0.3 is 15.0 Å². The molecule has 1 aromatic heterocycles. The zero-order valence-electron chi connectivity index (χ0n) is 14.7. The molecule has 1 aromatic carbocycles. The molecule has 2 N–H and O–H groups in total. The molecule has 0 spiro atoms. The number of nitrogens with zero attached hydrogens (tertiary/aromatic N) is 1. The fourth-order valence-electron chi connectivity index (χ4n) is 4.47. The van der Waals surface area contributed by atoms with Gasteiger partial charge in [0, 0.05) is 18.3 Å². The molecule has 0 atom stereocenters. The number of hydrogen-bond acceptors (Lipinski definition) is 3. The summed E-state index contributed by atoms with van der Waals surface area (Å²) in [5, 5.41) is 13.2. The van der Waals surface area contributed by atoms with E-state index in [1.807, 2.05) is 4.57 Å². The van der Waals surface area contributed by atoms with Gasteiger partial charge in [0.1, 0.15) is 11.4 Å². The van der Waals surface area contributed by atoms with Gasteiger partial charge in [-0.3, -0.25) is 4.79 Å². The van der Waals surface area contributed by atoms with E-state index in [4.69, 9.17) is 0 Å². The summed E-state index contributed by atoms with van der Waals surface area (Å²) in [7, 11) is 0. The number of halogens is 1. The zero-order valence-corrected chi connectivity index (χ0v) is 14.7. The average Bonchev–Trinajstić information content (AvgIpc) is 2.62. The predicted octanol–water partition coefficient (Wildman–Crippen LogP) is 3.92. The van der Waals surface area contributed by atoms with Crippen LogP contribution in [0.5, 0.6) is 0 Å². The van der Waals surface area contributed by atoms with Gasteiger partial charge in [0.05, 0.1) is 16.6 Å². The number of hydrogen-bond donors (Lipinski definition) is 2. The molecule has 4 rings (SSSR count). The van der Waals surface area contributed by atoms with Gasteiger partial charge in [-0.05, 0) is 44.2 Å². The fourth-order valence-corrected chi connectivity index (χ4v) is 4.47. The number of carboxylic acids is 1. The minimum atomic E-state index is -1.23. The van der Waals surface area contributed by atoms with Crippen LogP contribution in [0.4, 0.5) is 10.1 Å². The van der Waals surface area contributed by atoms with Gasteiger partial charge in [-0.15, -0.1) is 0 Å². The number of carbonyl (C=O) groups is 1. The highest BCUT2D eigenvalue weighted by molar-refractivity contribution is 5.98. The Kier molecular flexibility index (Phi) is 4.42. The standard InChI is InChI=1S/C20H23FN2O3/c21-12-10-14-18(15(11-12)22-13-6-2-1-3-7-13)23-9-5-4-8-16(23)17(19(14)24)20(25)26/h10-11,13,22H,1-9H2,(H,25,26). The maximum atomic E-state index is 14.3. The van der Waals surface area contributed by atoms with Crippen molar-refractivity contribution in [2.75, 3.05) is 5.32 Å². The van der Waals surface area contributed by atoms with E-state index < -0.39 is 17.2 Å². The molecule has 2 aliphatic rings. The van der Waals surface area contributed by atoms with Crippen molar-refractivity contribution in [2.24, 2.45) is 0 Å². The van der Waals surface area contributed by atoms with Gasteiger partial charge >= 0.3 is 5.97 Å². The highest BCUT2D eigenvalue weighted by atomic mass is 19.1. The Morgan fingerprint density at radius 3 is 2.65 bits per heavy atom. The normalized spacial score (nSPS) is 17.9. The van der Waals surface area contributed by atoms with Gasteiger partial charge in [-0.1, -0.05) is 19.3 Å². The first kappa shape index (κ1) is 17.1. The highest BCUT2D eigenvalue weighted by Gasteiger charge is 2.26. The maximum absolute atomic E-state index is 14.3. The zero-order chi connectivity index (χ0) is 18.3. The second-order valence-electron chi connectivity index (χ2n) is 7.39. The Morgan fingerprint density at radius 1 is 1.15 bits per heavy atom. The van der Waals surface area contributed by atoms with E-state index >= 15 is 0 Å². The lowest BCUT2D eigenvalue weighted by Gasteiger charge is -2.28. The third-order valence-corrected chi connectivity index (χ3v) is 5.65. The summed E-state index contributed by atoms with van der Waals surface area (Å²) in [5.74, 6) is -1.74. The monoisotopic (exact) mass is 358 g/mol. The number of pyridine rings is 1. The van der Waals surface area contributed by atoms with Gasteiger partial charge in [0.25, 0.3) is 0 Å². The number of rotatable bonds is 3. The number of benzene rings is 1. The lowest BCUT2D eigenvalue weighted by Crippen LogP contribution is -2.28. The smallest absolute Gasteiger partial charge is 0.341 e. The molecule has 0 unspecified atom stereocenters. The minimum Gasteiger partial charge on any atom is -0.477 e. The first-order valence-corrected chi connectivity index (χ1v) is 9.45. The van der Waals surface area contributed by atoms with Crippen LogP contribution in [0, 0.1) is 5.82 Å². The molecule has 2 heterocycles. The van der Waals surface area contributed by atoms with E-state index in [-0.39, 0.29) is 17.0 Å². The largest absolute Gasteiger partial charge is 0.477 e. The van der Waals surface area contributed by atoms with Crippen molar-refractivity contribution in [3.05, 3.63) is 39.4 Å².